The molecule has 1 saturated heterocycles. The van der Waals surface area contributed by atoms with E-state index in [0.29, 0.717) is 38.9 Å². The second-order valence-corrected chi connectivity index (χ2v) is 7.28. The third-order valence-corrected chi connectivity index (χ3v) is 5.00. The predicted molar refractivity (Wildman–Crippen MR) is 80.1 cm³/mol. The Bertz CT molecular complexity index is 566. The molecule has 0 unspecified atom stereocenters. The number of hydrogen-bond acceptors (Lipinski definition) is 4. The average molecular weight is 311 g/mol. The molecule has 0 aromatic carbocycles. The van der Waals surface area contributed by atoms with Gasteiger partial charge in [-0.25, -0.2) is 12.7 Å². The van der Waals surface area contributed by atoms with E-state index in [0.717, 1.165) is 5.69 Å². The number of nitrogens with one attached hydrogen (secondary N) is 1. The van der Waals surface area contributed by atoms with Crippen LogP contribution in [-0.4, -0.2) is 49.5 Å². The van der Waals surface area contributed by atoms with E-state index in [1.54, 1.807) is 6.20 Å². The van der Waals surface area contributed by atoms with Gasteiger partial charge in [0.15, 0.2) is 0 Å². The Morgan fingerprint density at radius 2 is 2.10 bits per heavy atom. The molecule has 0 saturated carbocycles. The molecule has 1 aliphatic heterocycles. The number of piperidine rings is 1. The van der Waals surface area contributed by atoms with Gasteiger partial charge in [0, 0.05) is 43.9 Å². The van der Waals surface area contributed by atoms with Crippen molar-refractivity contribution in [3.05, 3.63) is 30.1 Å². The normalized spacial score (nSPS) is 17.6. The minimum Gasteiger partial charge on any atom is -0.355 e. The Morgan fingerprint density at radius 1 is 1.38 bits per heavy atom. The molecular weight excluding hydrogens is 290 g/mol. The fourth-order valence-electron chi connectivity index (χ4n) is 2.45. The van der Waals surface area contributed by atoms with Gasteiger partial charge in [-0.05, 0) is 25.0 Å². The molecule has 0 bridgehead atoms. The number of hydrogen-bond donors (Lipinski definition) is 1. The SMILES string of the molecule is CS(=O)(=O)N1CCC(C(=O)NCCc2ccccn2)CC1. The minimum absolute atomic E-state index is 0.0130. The van der Waals surface area contributed by atoms with E-state index in [4.69, 9.17) is 0 Å². The average Bonchev–Trinajstić information content (AvgIpc) is 2.47. The maximum Gasteiger partial charge on any atom is 0.223 e. The Kier molecular flexibility index (Phi) is 5.30. The third-order valence-electron chi connectivity index (χ3n) is 3.70. The highest BCUT2D eigenvalue weighted by Gasteiger charge is 2.28. The predicted octanol–water partition coefficient (Wildman–Crippen LogP) is 0.412. The summed E-state index contributed by atoms with van der Waals surface area (Å²) in [4.78, 5) is 16.2. The van der Waals surface area contributed by atoms with Crippen LogP contribution in [0.15, 0.2) is 24.4 Å². The van der Waals surface area contributed by atoms with E-state index in [1.807, 2.05) is 18.2 Å². The first-order chi connectivity index (χ1) is 9.97. The zero-order valence-electron chi connectivity index (χ0n) is 12.2. The largest absolute Gasteiger partial charge is 0.355 e. The molecule has 1 fully saturated rings. The van der Waals surface area contributed by atoms with Crippen molar-refractivity contribution in [3.63, 3.8) is 0 Å². The molecule has 0 spiro atoms. The summed E-state index contributed by atoms with van der Waals surface area (Å²) in [5.74, 6) is -0.0779. The number of sulfonamides is 1. The highest BCUT2D eigenvalue weighted by Crippen LogP contribution is 2.19. The molecule has 6 nitrogen and oxygen atoms in total. The maximum atomic E-state index is 12.0. The van der Waals surface area contributed by atoms with Crippen molar-refractivity contribution in [1.29, 1.82) is 0 Å². The van der Waals surface area contributed by atoms with Gasteiger partial charge in [0.2, 0.25) is 15.9 Å². The topological polar surface area (TPSA) is 79.4 Å². The van der Waals surface area contributed by atoms with Crippen LogP contribution < -0.4 is 5.32 Å². The summed E-state index contributed by atoms with van der Waals surface area (Å²) in [7, 11) is -3.13. The molecule has 0 aliphatic carbocycles. The van der Waals surface area contributed by atoms with Gasteiger partial charge in [-0.15, -0.1) is 0 Å². The number of nitrogens with zero attached hydrogens (tertiary/aromatic N) is 2. The number of amides is 1. The minimum atomic E-state index is -3.13. The van der Waals surface area contributed by atoms with E-state index in [1.165, 1.54) is 10.6 Å². The van der Waals surface area contributed by atoms with Crippen molar-refractivity contribution in [2.75, 3.05) is 25.9 Å². The number of aromatic nitrogens is 1. The lowest BCUT2D eigenvalue weighted by molar-refractivity contribution is -0.126. The molecule has 1 amide bonds. The summed E-state index contributed by atoms with van der Waals surface area (Å²) in [6.07, 6.45) is 4.82. The number of carbonyl (C=O) groups excluding carboxylic acids is 1. The molecule has 1 aliphatic rings. The second-order valence-electron chi connectivity index (χ2n) is 5.30. The summed E-state index contributed by atoms with van der Waals surface area (Å²) < 4.78 is 24.3. The lowest BCUT2D eigenvalue weighted by Gasteiger charge is -2.29. The number of pyridine rings is 1. The Morgan fingerprint density at radius 3 is 2.67 bits per heavy atom. The quantitative estimate of drug-likeness (QED) is 0.854. The van der Waals surface area contributed by atoms with Crippen molar-refractivity contribution in [2.45, 2.75) is 19.3 Å². The molecule has 0 atom stereocenters. The van der Waals surface area contributed by atoms with Gasteiger partial charge in [-0.2, -0.15) is 0 Å². The molecule has 0 radical (unpaired) electrons. The van der Waals surface area contributed by atoms with E-state index in [2.05, 4.69) is 10.3 Å². The van der Waals surface area contributed by atoms with Gasteiger partial charge in [0.1, 0.15) is 0 Å². The Balaban J connectivity index is 1.73. The fourth-order valence-corrected chi connectivity index (χ4v) is 3.33. The first kappa shape index (κ1) is 15.9. The van der Waals surface area contributed by atoms with Crippen LogP contribution in [0.25, 0.3) is 0 Å². The summed E-state index contributed by atoms with van der Waals surface area (Å²) in [6.45, 7) is 1.41. The van der Waals surface area contributed by atoms with Crippen molar-refractivity contribution < 1.29 is 13.2 Å². The van der Waals surface area contributed by atoms with Crippen LogP contribution in [0.3, 0.4) is 0 Å². The molecule has 116 valence electrons. The van der Waals surface area contributed by atoms with Gasteiger partial charge in [-0.3, -0.25) is 9.78 Å². The van der Waals surface area contributed by atoms with E-state index in [-0.39, 0.29) is 11.8 Å². The standard InChI is InChI=1S/C14H21N3O3S/c1-21(19,20)17-10-6-12(7-11-17)14(18)16-9-5-13-4-2-3-8-15-13/h2-4,8,12H,5-7,9-11H2,1H3,(H,16,18). The van der Waals surface area contributed by atoms with Crippen LogP contribution in [0.2, 0.25) is 0 Å². The van der Waals surface area contributed by atoms with E-state index in [9.17, 15) is 13.2 Å². The van der Waals surface area contributed by atoms with Gasteiger partial charge in [0.05, 0.1) is 6.26 Å². The van der Waals surface area contributed by atoms with Crippen molar-refractivity contribution in [3.8, 4) is 0 Å². The molecule has 1 N–H and O–H groups in total. The monoisotopic (exact) mass is 311 g/mol. The summed E-state index contributed by atoms with van der Waals surface area (Å²) >= 11 is 0. The van der Waals surface area contributed by atoms with Crippen LogP contribution >= 0.6 is 0 Å². The third kappa shape index (κ3) is 4.78. The first-order valence-corrected chi connectivity index (χ1v) is 8.94. The molecule has 7 heteroatoms. The van der Waals surface area contributed by atoms with Crippen LogP contribution in [0.1, 0.15) is 18.5 Å². The fraction of sp³-hybridized carbons (Fsp3) is 0.571. The smallest absolute Gasteiger partial charge is 0.223 e. The summed E-state index contributed by atoms with van der Waals surface area (Å²) in [6, 6.07) is 5.71. The highest BCUT2D eigenvalue weighted by atomic mass is 32.2. The molecule has 1 aromatic rings. The highest BCUT2D eigenvalue weighted by molar-refractivity contribution is 7.88. The van der Waals surface area contributed by atoms with Crippen LogP contribution in [-0.2, 0) is 21.2 Å². The molecular formula is C14H21N3O3S. The molecule has 1 aromatic heterocycles. The first-order valence-electron chi connectivity index (χ1n) is 7.09. The number of carbonyl (C=O) groups is 1. The lowest BCUT2D eigenvalue weighted by atomic mass is 9.97. The molecule has 21 heavy (non-hydrogen) atoms. The maximum absolute atomic E-state index is 12.0. The Hall–Kier alpha value is -1.47. The van der Waals surface area contributed by atoms with Crippen molar-refractivity contribution in [1.82, 2.24) is 14.6 Å². The number of rotatable bonds is 5. The lowest BCUT2D eigenvalue weighted by Crippen LogP contribution is -2.42. The summed E-state index contributed by atoms with van der Waals surface area (Å²) in [5, 5.41) is 2.91. The van der Waals surface area contributed by atoms with E-state index < -0.39 is 10.0 Å². The van der Waals surface area contributed by atoms with Crippen LogP contribution in [0.4, 0.5) is 0 Å². The van der Waals surface area contributed by atoms with Crippen LogP contribution in [0.5, 0.6) is 0 Å². The summed E-state index contributed by atoms with van der Waals surface area (Å²) in [5.41, 5.74) is 0.949. The van der Waals surface area contributed by atoms with Crippen molar-refractivity contribution >= 4 is 15.9 Å². The van der Waals surface area contributed by atoms with Gasteiger partial charge in [0.25, 0.3) is 0 Å². The Labute approximate surface area is 125 Å². The van der Waals surface area contributed by atoms with Crippen LogP contribution in [0, 0.1) is 5.92 Å². The second kappa shape index (κ2) is 7.00. The van der Waals surface area contributed by atoms with Gasteiger partial charge < -0.3 is 5.32 Å². The zero-order valence-corrected chi connectivity index (χ0v) is 13.0. The van der Waals surface area contributed by atoms with Crippen molar-refractivity contribution in [2.24, 2.45) is 5.92 Å². The van der Waals surface area contributed by atoms with E-state index >= 15 is 0 Å². The van der Waals surface area contributed by atoms with Gasteiger partial charge in [-0.1, -0.05) is 6.07 Å². The molecule has 2 heterocycles. The molecule has 2 rings (SSSR count). The van der Waals surface area contributed by atoms with Gasteiger partial charge >= 0.3 is 0 Å². The zero-order chi connectivity index (χ0) is 15.3.